The Balaban J connectivity index is 2.75. The zero-order valence-electron chi connectivity index (χ0n) is 11.0. The van der Waals surface area contributed by atoms with Gasteiger partial charge in [0.25, 0.3) is 0 Å². The minimum atomic E-state index is -0.400. The van der Waals surface area contributed by atoms with Crippen LogP contribution in [-0.4, -0.2) is 13.1 Å². The van der Waals surface area contributed by atoms with E-state index in [1.54, 1.807) is 12.1 Å². The number of hydrogen-bond acceptors (Lipinski definition) is 4. The average molecular weight is 335 g/mol. The van der Waals surface area contributed by atoms with E-state index in [0.717, 1.165) is 21.2 Å². The lowest BCUT2D eigenvalue weighted by Gasteiger charge is -2.15. The molecular weight excluding hydrogens is 320 g/mol. The maximum Gasteiger partial charge on any atom is 0.338 e. The van der Waals surface area contributed by atoms with Crippen molar-refractivity contribution in [1.82, 2.24) is 0 Å². The molecule has 0 aliphatic heterocycles. The van der Waals surface area contributed by atoms with E-state index < -0.39 is 5.97 Å². The second-order valence-corrected chi connectivity index (χ2v) is 5.09. The Morgan fingerprint density at radius 1 is 1.25 bits per heavy atom. The number of rotatable bonds is 3. The number of esters is 1. The van der Waals surface area contributed by atoms with Gasteiger partial charge < -0.3 is 16.2 Å². The fourth-order valence-electron chi connectivity index (χ4n) is 2.12. The molecule has 20 heavy (non-hydrogen) atoms. The van der Waals surface area contributed by atoms with Gasteiger partial charge in [-0.25, -0.2) is 4.79 Å². The molecule has 0 aromatic heterocycles. The Kier molecular flexibility index (Phi) is 4.42. The summed E-state index contributed by atoms with van der Waals surface area (Å²) in [6.45, 7) is 0.336. The van der Waals surface area contributed by atoms with Crippen LogP contribution < -0.4 is 11.5 Å². The van der Waals surface area contributed by atoms with Gasteiger partial charge in [-0.2, -0.15) is 0 Å². The highest BCUT2D eigenvalue weighted by molar-refractivity contribution is 9.10. The highest BCUT2D eigenvalue weighted by Crippen LogP contribution is 2.36. The summed E-state index contributed by atoms with van der Waals surface area (Å²) in [4.78, 5) is 11.9. The lowest BCUT2D eigenvalue weighted by Crippen LogP contribution is -2.07. The molecule has 4 N–H and O–H groups in total. The first-order valence-electron chi connectivity index (χ1n) is 6.04. The third-order valence-electron chi connectivity index (χ3n) is 3.10. The lowest BCUT2D eigenvalue weighted by atomic mass is 9.94. The molecule has 0 aliphatic carbocycles. The second-order valence-electron chi connectivity index (χ2n) is 4.24. The summed E-state index contributed by atoms with van der Waals surface area (Å²) < 4.78 is 5.59. The molecule has 2 aromatic rings. The van der Waals surface area contributed by atoms with Crippen molar-refractivity contribution in [2.75, 3.05) is 12.8 Å². The van der Waals surface area contributed by atoms with E-state index >= 15 is 0 Å². The maximum absolute atomic E-state index is 11.9. The number of ether oxygens (including phenoxy) is 1. The zero-order chi connectivity index (χ0) is 14.7. The predicted molar refractivity (Wildman–Crippen MR) is 83.2 cm³/mol. The Morgan fingerprint density at radius 2 is 1.95 bits per heavy atom. The third kappa shape index (κ3) is 2.55. The molecule has 0 heterocycles. The van der Waals surface area contributed by atoms with Crippen LogP contribution >= 0.6 is 15.9 Å². The molecule has 0 amide bonds. The maximum atomic E-state index is 11.9. The van der Waals surface area contributed by atoms with Gasteiger partial charge in [0.15, 0.2) is 0 Å². The molecule has 0 radical (unpaired) electrons. The van der Waals surface area contributed by atoms with Gasteiger partial charge in [-0.3, -0.25) is 0 Å². The van der Waals surface area contributed by atoms with E-state index in [-0.39, 0.29) is 0 Å². The van der Waals surface area contributed by atoms with Gasteiger partial charge in [0.2, 0.25) is 0 Å². The SMILES string of the molecule is COC(=O)c1ccccc1-c1c(CN)ccc(Br)c1N. The Morgan fingerprint density at radius 3 is 2.60 bits per heavy atom. The van der Waals surface area contributed by atoms with Crippen molar-refractivity contribution in [2.45, 2.75) is 6.54 Å². The fourth-order valence-corrected chi connectivity index (χ4v) is 2.45. The van der Waals surface area contributed by atoms with Crippen molar-refractivity contribution in [2.24, 2.45) is 5.73 Å². The first-order chi connectivity index (χ1) is 9.60. The van der Waals surface area contributed by atoms with Crippen molar-refractivity contribution in [1.29, 1.82) is 0 Å². The van der Waals surface area contributed by atoms with Gasteiger partial charge in [-0.1, -0.05) is 24.3 Å². The highest BCUT2D eigenvalue weighted by atomic mass is 79.9. The number of benzene rings is 2. The first-order valence-corrected chi connectivity index (χ1v) is 6.84. The standard InChI is InChI=1S/C15H15BrN2O2/c1-20-15(19)11-5-3-2-4-10(11)13-9(8-17)6-7-12(16)14(13)18/h2-7H,8,17-18H2,1H3. The number of halogens is 1. The van der Waals surface area contributed by atoms with Gasteiger partial charge in [0.05, 0.1) is 18.4 Å². The monoisotopic (exact) mass is 334 g/mol. The number of nitrogen functional groups attached to an aromatic ring is 1. The van der Waals surface area contributed by atoms with Crippen LogP contribution in [0, 0.1) is 0 Å². The van der Waals surface area contributed by atoms with Crippen LogP contribution in [0.3, 0.4) is 0 Å². The summed E-state index contributed by atoms with van der Waals surface area (Å²) in [6, 6.07) is 10.9. The summed E-state index contributed by atoms with van der Waals surface area (Å²) >= 11 is 3.40. The molecule has 2 aromatic carbocycles. The molecule has 0 atom stereocenters. The molecule has 2 rings (SSSR count). The van der Waals surface area contributed by atoms with E-state index in [9.17, 15) is 4.79 Å². The van der Waals surface area contributed by atoms with Gasteiger partial charge in [0, 0.05) is 16.6 Å². The Hall–Kier alpha value is -1.85. The Labute approximate surface area is 125 Å². The number of carbonyl (C=O) groups is 1. The van der Waals surface area contributed by atoms with E-state index in [2.05, 4.69) is 15.9 Å². The topological polar surface area (TPSA) is 78.3 Å². The van der Waals surface area contributed by atoms with Crippen molar-refractivity contribution in [3.63, 3.8) is 0 Å². The second kappa shape index (κ2) is 6.07. The van der Waals surface area contributed by atoms with Crippen molar-refractivity contribution in [3.05, 3.63) is 52.0 Å². The quantitative estimate of drug-likeness (QED) is 0.668. The highest BCUT2D eigenvalue weighted by Gasteiger charge is 2.18. The van der Waals surface area contributed by atoms with E-state index in [0.29, 0.717) is 17.8 Å². The molecular formula is C15H15BrN2O2. The van der Waals surface area contributed by atoms with Crippen LogP contribution in [0.4, 0.5) is 5.69 Å². The molecule has 0 saturated carbocycles. The largest absolute Gasteiger partial charge is 0.465 e. The van der Waals surface area contributed by atoms with Crippen molar-refractivity contribution in [3.8, 4) is 11.1 Å². The predicted octanol–water partition coefficient (Wildman–Crippen LogP) is 2.94. The van der Waals surface area contributed by atoms with Gasteiger partial charge in [-0.15, -0.1) is 0 Å². The lowest BCUT2D eigenvalue weighted by molar-refractivity contribution is 0.0601. The zero-order valence-corrected chi connectivity index (χ0v) is 12.6. The smallest absolute Gasteiger partial charge is 0.338 e. The molecule has 0 bridgehead atoms. The third-order valence-corrected chi connectivity index (χ3v) is 3.79. The number of nitrogens with two attached hydrogens (primary N) is 2. The van der Waals surface area contributed by atoms with Crippen LogP contribution in [0.1, 0.15) is 15.9 Å². The Bertz CT molecular complexity index is 656. The molecule has 104 valence electrons. The molecule has 0 fully saturated rings. The molecule has 0 unspecified atom stereocenters. The summed E-state index contributed by atoms with van der Waals surface area (Å²) in [5.41, 5.74) is 15.3. The number of anilines is 1. The normalized spacial score (nSPS) is 10.3. The van der Waals surface area contributed by atoms with E-state index in [1.807, 2.05) is 24.3 Å². The van der Waals surface area contributed by atoms with Crippen LogP contribution in [0.15, 0.2) is 40.9 Å². The number of carbonyl (C=O) groups excluding carboxylic acids is 1. The molecule has 5 heteroatoms. The summed E-state index contributed by atoms with van der Waals surface area (Å²) in [6.07, 6.45) is 0. The number of hydrogen-bond donors (Lipinski definition) is 2. The average Bonchev–Trinajstić information content (AvgIpc) is 2.49. The summed E-state index contributed by atoms with van der Waals surface area (Å²) in [5, 5.41) is 0. The molecule has 4 nitrogen and oxygen atoms in total. The van der Waals surface area contributed by atoms with Crippen LogP contribution in [0.5, 0.6) is 0 Å². The molecule has 0 spiro atoms. The minimum Gasteiger partial charge on any atom is -0.465 e. The van der Waals surface area contributed by atoms with Crippen LogP contribution in [0.2, 0.25) is 0 Å². The van der Waals surface area contributed by atoms with Gasteiger partial charge >= 0.3 is 5.97 Å². The molecule has 0 aliphatic rings. The summed E-state index contributed by atoms with van der Waals surface area (Å²) in [7, 11) is 1.35. The first kappa shape index (κ1) is 14.6. The van der Waals surface area contributed by atoms with Crippen LogP contribution in [-0.2, 0) is 11.3 Å². The summed E-state index contributed by atoms with van der Waals surface area (Å²) in [5.74, 6) is -0.400. The van der Waals surface area contributed by atoms with Crippen molar-refractivity contribution >= 4 is 27.6 Å². The van der Waals surface area contributed by atoms with Gasteiger partial charge in [-0.05, 0) is 39.2 Å². The van der Waals surface area contributed by atoms with Crippen LogP contribution in [0.25, 0.3) is 11.1 Å². The fraction of sp³-hybridized carbons (Fsp3) is 0.133. The number of methoxy groups -OCH3 is 1. The minimum absolute atomic E-state index is 0.336. The van der Waals surface area contributed by atoms with E-state index in [4.69, 9.17) is 16.2 Å². The van der Waals surface area contributed by atoms with E-state index in [1.165, 1.54) is 7.11 Å². The van der Waals surface area contributed by atoms with Gasteiger partial charge in [0.1, 0.15) is 0 Å². The van der Waals surface area contributed by atoms with Crippen molar-refractivity contribution < 1.29 is 9.53 Å². The molecule has 0 saturated heterocycles.